The lowest BCUT2D eigenvalue weighted by molar-refractivity contribution is 0.544. The number of fused-ring (bicyclic) bond motifs is 1. The van der Waals surface area contributed by atoms with Crippen molar-refractivity contribution in [2.75, 3.05) is 6.54 Å². The maximum absolute atomic E-state index is 4.57. The van der Waals surface area contributed by atoms with Crippen molar-refractivity contribution in [1.29, 1.82) is 0 Å². The van der Waals surface area contributed by atoms with Crippen LogP contribution in [0.2, 0.25) is 0 Å². The van der Waals surface area contributed by atoms with Gasteiger partial charge in [0.2, 0.25) is 0 Å². The third-order valence-electron chi connectivity index (χ3n) is 3.26. The molecule has 0 aromatic carbocycles. The molecule has 5 heteroatoms. The second kappa shape index (κ2) is 5.99. The van der Waals surface area contributed by atoms with Gasteiger partial charge in [0.15, 0.2) is 0 Å². The number of aromatic nitrogens is 2. The summed E-state index contributed by atoms with van der Waals surface area (Å²) in [5.41, 5.74) is 3.48. The van der Waals surface area contributed by atoms with Crippen LogP contribution in [-0.4, -0.2) is 16.5 Å². The van der Waals surface area contributed by atoms with E-state index in [-0.39, 0.29) is 6.04 Å². The van der Waals surface area contributed by atoms with Gasteiger partial charge in [-0.2, -0.15) is 0 Å². The Kier molecular flexibility index (Phi) is 4.10. The van der Waals surface area contributed by atoms with E-state index in [1.807, 2.05) is 6.20 Å². The number of aryl methyl sites for hydroxylation is 1. The molecule has 0 saturated heterocycles. The van der Waals surface area contributed by atoms with Crippen molar-refractivity contribution >= 4 is 32.9 Å². The number of pyridine rings is 1. The zero-order chi connectivity index (χ0) is 13.9. The smallest absolute Gasteiger partial charge is 0.0897 e. The van der Waals surface area contributed by atoms with E-state index in [1.165, 1.54) is 10.3 Å². The third kappa shape index (κ3) is 2.90. The lowest BCUT2D eigenvalue weighted by atomic mass is 10.0. The first kappa shape index (κ1) is 13.7. The molecule has 0 bridgehead atoms. The molecule has 1 N–H and O–H groups in total. The Hall–Kier alpha value is -1.30. The molecule has 0 amide bonds. The van der Waals surface area contributed by atoms with E-state index in [1.54, 1.807) is 22.7 Å². The Morgan fingerprint density at radius 1 is 1.35 bits per heavy atom. The van der Waals surface area contributed by atoms with Crippen LogP contribution in [0.5, 0.6) is 0 Å². The molecule has 3 nitrogen and oxygen atoms in total. The van der Waals surface area contributed by atoms with Crippen LogP contribution < -0.4 is 5.32 Å². The molecular formula is C15H17N3S2. The highest BCUT2D eigenvalue weighted by Gasteiger charge is 2.14. The van der Waals surface area contributed by atoms with Gasteiger partial charge in [-0.1, -0.05) is 6.92 Å². The molecule has 104 valence electrons. The van der Waals surface area contributed by atoms with Crippen LogP contribution in [0, 0.1) is 6.92 Å². The fraction of sp³-hybridized carbons (Fsp3) is 0.333. The number of likely N-dealkylation sites (N-methyl/N-ethyl adjacent to an activating group) is 1. The van der Waals surface area contributed by atoms with Gasteiger partial charge in [0.05, 0.1) is 20.9 Å². The van der Waals surface area contributed by atoms with E-state index in [4.69, 9.17) is 0 Å². The molecule has 0 radical (unpaired) electrons. The lowest BCUT2D eigenvalue weighted by Crippen LogP contribution is -2.23. The van der Waals surface area contributed by atoms with Crippen molar-refractivity contribution in [2.45, 2.75) is 26.3 Å². The van der Waals surface area contributed by atoms with E-state index < -0.39 is 0 Å². The molecule has 3 rings (SSSR count). The summed E-state index contributed by atoms with van der Waals surface area (Å²) in [7, 11) is 0. The van der Waals surface area contributed by atoms with Gasteiger partial charge in [0.25, 0.3) is 0 Å². The van der Waals surface area contributed by atoms with Gasteiger partial charge in [-0.25, -0.2) is 4.98 Å². The predicted octanol–water partition coefficient (Wildman–Crippen LogP) is 3.95. The molecule has 3 heterocycles. The minimum Gasteiger partial charge on any atom is -0.310 e. The van der Waals surface area contributed by atoms with Crippen LogP contribution in [0.1, 0.15) is 29.2 Å². The van der Waals surface area contributed by atoms with Crippen molar-refractivity contribution in [2.24, 2.45) is 0 Å². The molecule has 0 aliphatic rings. The molecule has 20 heavy (non-hydrogen) atoms. The highest BCUT2D eigenvalue weighted by Crippen LogP contribution is 2.25. The summed E-state index contributed by atoms with van der Waals surface area (Å²) in [5.74, 6) is 0. The average molecular weight is 303 g/mol. The van der Waals surface area contributed by atoms with E-state index in [0.29, 0.717) is 0 Å². The van der Waals surface area contributed by atoms with Crippen LogP contribution in [0.4, 0.5) is 0 Å². The Bertz CT molecular complexity index is 702. The molecule has 0 spiro atoms. The lowest BCUT2D eigenvalue weighted by Gasteiger charge is -2.17. The fourth-order valence-electron chi connectivity index (χ4n) is 2.32. The van der Waals surface area contributed by atoms with E-state index in [9.17, 15) is 0 Å². The Labute approximate surface area is 126 Å². The second-order valence-corrected chi connectivity index (χ2v) is 6.75. The molecule has 0 saturated carbocycles. The summed E-state index contributed by atoms with van der Waals surface area (Å²) in [6.07, 6.45) is 2.90. The normalized spacial score (nSPS) is 12.9. The Morgan fingerprint density at radius 2 is 2.25 bits per heavy atom. The number of rotatable bonds is 5. The summed E-state index contributed by atoms with van der Waals surface area (Å²) in [6.45, 7) is 5.13. The van der Waals surface area contributed by atoms with Gasteiger partial charge < -0.3 is 5.32 Å². The van der Waals surface area contributed by atoms with Crippen LogP contribution in [0.15, 0.2) is 29.1 Å². The Morgan fingerprint density at radius 3 is 3.00 bits per heavy atom. The van der Waals surface area contributed by atoms with Crippen LogP contribution in [0.25, 0.3) is 10.2 Å². The zero-order valence-corrected chi connectivity index (χ0v) is 13.2. The topological polar surface area (TPSA) is 37.8 Å². The van der Waals surface area contributed by atoms with Crippen LogP contribution in [-0.2, 0) is 6.42 Å². The van der Waals surface area contributed by atoms with E-state index in [0.717, 1.165) is 29.2 Å². The first-order chi connectivity index (χ1) is 9.76. The average Bonchev–Trinajstić information content (AvgIpc) is 3.06. The Balaban J connectivity index is 1.88. The summed E-state index contributed by atoms with van der Waals surface area (Å²) in [6, 6.07) is 4.59. The summed E-state index contributed by atoms with van der Waals surface area (Å²) < 4.78 is 1.25. The molecule has 3 aromatic heterocycles. The van der Waals surface area contributed by atoms with E-state index in [2.05, 4.69) is 52.0 Å². The number of nitrogens with one attached hydrogen (secondary N) is 1. The SMILES string of the molecule is CCNC(Cc1csc(C)n1)c1cnc2ccsc2c1. The predicted molar refractivity (Wildman–Crippen MR) is 86.6 cm³/mol. The molecule has 1 unspecified atom stereocenters. The van der Waals surface area contributed by atoms with Gasteiger partial charge in [0.1, 0.15) is 0 Å². The minimum absolute atomic E-state index is 0.278. The fourth-order valence-corrected chi connectivity index (χ4v) is 3.73. The van der Waals surface area contributed by atoms with Crippen molar-refractivity contribution in [3.05, 3.63) is 45.4 Å². The number of thiazole rings is 1. The number of hydrogen-bond donors (Lipinski definition) is 1. The molecule has 3 aromatic rings. The number of thiophene rings is 1. The monoisotopic (exact) mass is 303 g/mol. The van der Waals surface area contributed by atoms with Gasteiger partial charge >= 0.3 is 0 Å². The molecule has 1 atom stereocenters. The van der Waals surface area contributed by atoms with Crippen molar-refractivity contribution < 1.29 is 0 Å². The minimum atomic E-state index is 0.278. The maximum Gasteiger partial charge on any atom is 0.0897 e. The first-order valence-corrected chi connectivity index (χ1v) is 8.49. The van der Waals surface area contributed by atoms with Crippen LogP contribution >= 0.6 is 22.7 Å². The highest BCUT2D eigenvalue weighted by atomic mass is 32.1. The summed E-state index contributed by atoms with van der Waals surface area (Å²) in [5, 5.41) is 8.91. The molecule has 0 fully saturated rings. The highest BCUT2D eigenvalue weighted by molar-refractivity contribution is 7.17. The largest absolute Gasteiger partial charge is 0.310 e. The van der Waals surface area contributed by atoms with Crippen molar-refractivity contribution in [3.63, 3.8) is 0 Å². The summed E-state index contributed by atoms with van der Waals surface area (Å²) in [4.78, 5) is 9.12. The molecular weight excluding hydrogens is 286 g/mol. The molecule has 0 aliphatic heterocycles. The van der Waals surface area contributed by atoms with Gasteiger partial charge in [-0.05, 0) is 36.5 Å². The quantitative estimate of drug-likeness (QED) is 0.775. The second-order valence-electron chi connectivity index (χ2n) is 4.74. The number of nitrogens with zero attached hydrogens (tertiary/aromatic N) is 2. The number of hydrogen-bond acceptors (Lipinski definition) is 5. The zero-order valence-electron chi connectivity index (χ0n) is 11.6. The maximum atomic E-state index is 4.57. The summed E-state index contributed by atoms with van der Waals surface area (Å²) >= 11 is 3.45. The van der Waals surface area contributed by atoms with E-state index >= 15 is 0 Å². The van der Waals surface area contributed by atoms with Crippen molar-refractivity contribution in [1.82, 2.24) is 15.3 Å². The third-order valence-corrected chi connectivity index (χ3v) is 4.93. The standard InChI is InChI=1S/C15H17N3S2/c1-3-16-14(7-12-9-20-10(2)18-12)11-6-15-13(17-8-11)4-5-19-15/h4-6,8-9,14,16H,3,7H2,1-2H3. The van der Waals surface area contributed by atoms with Gasteiger partial charge in [-0.15, -0.1) is 22.7 Å². The van der Waals surface area contributed by atoms with Gasteiger partial charge in [-0.3, -0.25) is 4.98 Å². The van der Waals surface area contributed by atoms with Crippen LogP contribution in [0.3, 0.4) is 0 Å². The van der Waals surface area contributed by atoms with Gasteiger partial charge in [0, 0.05) is 24.0 Å². The molecule has 0 aliphatic carbocycles. The van der Waals surface area contributed by atoms with Crippen molar-refractivity contribution in [3.8, 4) is 0 Å². The first-order valence-electron chi connectivity index (χ1n) is 6.74.